The molecule has 0 spiro atoms. The molecule has 0 aliphatic heterocycles. The summed E-state index contributed by atoms with van der Waals surface area (Å²) in [5.74, 6) is 1.09. The third-order valence-corrected chi connectivity index (χ3v) is 1.84. The Bertz CT molecular complexity index is 285. The molecule has 3 N–H and O–H groups in total. The van der Waals surface area contributed by atoms with Crippen LogP contribution in [0.25, 0.3) is 0 Å². The Morgan fingerprint density at radius 2 is 1.93 bits per heavy atom. The van der Waals surface area contributed by atoms with E-state index < -0.39 is 0 Å². The van der Waals surface area contributed by atoms with Crippen molar-refractivity contribution in [2.45, 2.75) is 12.8 Å². The molecule has 0 heterocycles. The molecule has 1 rings (SSSR count). The van der Waals surface area contributed by atoms with Crippen LogP contribution in [0.15, 0.2) is 24.3 Å². The van der Waals surface area contributed by atoms with E-state index in [0.717, 1.165) is 12.2 Å². The summed E-state index contributed by atoms with van der Waals surface area (Å²) in [6, 6.07) is 7.80. The van der Waals surface area contributed by atoms with Crippen LogP contribution in [0, 0.1) is 5.41 Å². The lowest BCUT2D eigenvalue weighted by Crippen LogP contribution is -2.10. The zero-order chi connectivity index (χ0) is 9.68. The molecule has 0 saturated carbocycles. The summed E-state index contributed by atoms with van der Waals surface area (Å²) in [6.45, 7) is 0. The minimum absolute atomic E-state index is 0. The lowest BCUT2D eigenvalue weighted by Gasteiger charge is -2.02. The summed E-state index contributed by atoms with van der Waals surface area (Å²) in [6.07, 6.45) is 1.44. The van der Waals surface area contributed by atoms with Gasteiger partial charge in [0.25, 0.3) is 0 Å². The highest BCUT2D eigenvalue weighted by atomic mass is 35.5. The second-order valence-corrected chi connectivity index (χ2v) is 2.87. The van der Waals surface area contributed by atoms with Gasteiger partial charge in [-0.05, 0) is 24.1 Å². The Labute approximate surface area is 90.2 Å². The van der Waals surface area contributed by atoms with Crippen LogP contribution in [0.4, 0.5) is 0 Å². The van der Waals surface area contributed by atoms with Crippen molar-refractivity contribution in [3.8, 4) is 5.75 Å². The van der Waals surface area contributed by atoms with Crippen LogP contribution >= 0.6 is 12.4 Å². The highest BCUT2D eigenvalue weighted by molar-refractivity contribution is 5.85. The number of methoxy groups -OCH3 is 1. The molecule has 0 radical (unpaired) electrons. The van der Waals surface area contributed by atoms with Gasteiger partial charge < -0.3 is 10.5 Å². The number of ether oxygens (including phenoxy) is 1. The van der Waals surface area contributed by atoms with Gasteiger partial charge in [0, 0.05) is 6.42 Å². The van der Waals surface area contributed by atoms with Crippen LogP contribution in [0.3, 0.4) is 0 Å². The second-order valence-electron chi connectivity index (χ2n) is 2.87. The minimum atomic E-state index is 0. The zero-order valence-electron chi connectivity index (χ0n) is 8.12. The maximum Gasteiger partial charge on any atom is 0.118 e. The van der Waals surface area contributed by atoms with Crippen LogP contribution in [-0.4, -0.2) is 12.9 Å². The van der Waals surface area contributed by atoms with E-state index in [1.165, 1.54) is 5.56 Å². The average molecular weight is 215 g/mol. The first-order valence-electron chi connectivity index (χ1n) is 4.18. The number of nitrogens with one attached hydrogen (secondary N) is 1. The Hall–Kier alpha value is -1.22. The van der Waals surface area contributed by atoms with E-state index in [2.05, 4.69) is 0 Å². The molecule has 0 atom stereocenters. The van der Waals surface area contributed by atoms with E-state index in [9.17, 15) is 0 Å². The standard InChI is InChI=1S/C10H14N2O.ClH/c1-13-9-5-2-8(3-6-9)4-7-10(11)12;/h2-3,5-6H,4,7H2,1H3,(H3,11,12);1H. The van der Waals surface area contributed by atoms with Crippen molar-refractivity contribution in [2.75, 3.05) is 7.11 Å². The highest BCUT2D eigenvalue weighted by Gasteiger charge is 1.95. The first-order valence-corrected chi connectivity index (χ1v) is 4.18. The fraction of sp³-hybridized carbons (Fsp3) is 0.300. The molecule has 4 heteroatoms. The van der Waals surface area contributed by atoms with Gasteiger partial charge in [0.05, 0.1) is 12.9 Å². The van der Waals surface area contributed by atoms with Gasteiger partial charge >= 0.3 is 0 Å². The molecule has 0 aliphatic carbocycles. The Morgan fingerprint density at radius 1 is 1.36 bits per heavy atom. The second kappa shape index (κ2) is 6.27. The monoisotopic (exact) mass is 214 g/mol. The van der Waals surface area contributed by atoms with Crippen molar-refractivity contribution in [1.82, 2.24) is 0 Å². The van der Waals surface area contributed by atoms with Gasteiger partial charge in [-0.25, -0.2) is 0 Å². The predicted molar refractivity (Wildman–Crippen MR) is 60.5 cm³/mol. The summed E-state index contributed by atoms with van der Waals surface area (Å²) in [5, 5.41) is 7.08. The molecular weight excluding hydrogens is 200 g/mol. The molecule has 0 unspecified atom stereocenters. The topological polar surface area (TPSA) is 59.1 Å². The molecule has 3 nitrogen and oxygen atoms in total. The molecule has 0 aromatic heterocycles. The number of nitrogens with two attached hydrogens (primary N) is 1. The van der Waals surface area contributed by atoms with E-state index in [0.29, 0.717) is 6.42 Å². The molecule has 0 aliphatic rings. The third-order valence-electron chi connectivity index (χ3n) is 1.84. The van der Waals surface area contributed by atoms with Gasteiger partial charge in [0.2, 0.25) is 0 Å². The molecule has 78 valence electrons. The van der Waals surface area contributed by atoms with E-state index in [-0.39, 0.29) is 18.2 Å². The van der Waals surface area contributed by atoms with Crippen LogP contribution in [0.2, 0.25) is 0 Å². The molecule has 0 fully saturated rings. The first kappa shape index (κ1) is 12.8. The third kappa shape index (κ3) is 4.14. The van der Waals surface area contributed by atoms with Crippen molar-refractivity contribution in [3.05, 3.63) is 29.8 Å². The van der Waals surface area contributed by atoms with Crippen LogP contribution in [0.5, 0.6) is 5.75 Å². The van der Waals surface area contributed by atoms with Crippen molar-refractivity contribution < 1.29 is 4.74 Å². The largest absolute Gasteiger partial charge is 0.497 e. The summed E-state index contributed by atoms with van der Waals surface area (Å²) >= 11 is 0. The number of amidine groups is 1. The quantitative estimate of drug-likeness (QED) is 0.595. The van der Waals surface area contributed by atoms with Crippen molar-refractivity contribution in [2.24, 2.45) is 5.73 Å². The van der Waals surface area contributed by atoms with Gasteiger partial charge in [-0.2, -0.15) is 0 Å². The van der Waals surface area contributed by atoms with E-state index in [4.69, 9.17) is 15.9 Å². The van der Waals surface area contributed by atoms with Gasteiger partial charge in [-0.1, -0.05) is 12.1 Å². The van der Waals surface area contributed by atoms with Crippen LogP contribution < -0.4 is 10.5 Å². The predicted octanol–water partition coefficient (Wildman–Crippen LogP) is 1.99. The Kier molecular flexibility index (Phi) is 5.72. The lowest BCUT2D eigenvalue weighted by molar-refractivity contribution is 0.414. The van der Waals surface area contributed by atoms with Gasteiger partial charge in [0.15, 0.2) is 0 Å². The van der Waals surface area contributed by atoms with E-state index in [1.54, 1.807) is 7.11 Å². The first-order chi connectivity index (χ1) is 6.22. The normalized spacial score (nSPS) is 8.93. The van der Waals surface area contributed by atoms with Crippen molar-refractivity contribution in [3.63, 3.8) is 0 Å². The molecule has 1 aromatic rings. The van der Waals surface area contributed by atoms with Gasteiger partial charge in [-0.3, -0.25) is 5.41 Å². The fourth-order valence-corrected chi connectivity index (χ4v) is 1.07. The summed E-state index contributed by atoms with van der Waals surface area (Å²) in [7, 11) is 1.64. The molecule has 0 amide bonds. The fourth-order valence-electron chi connectivity index (χ4n) is 1.07. The summed E-state index contributed by atoms with van der Waals surface area (Å²) in [4.78, 5) is 0. The molecule has 1 aromatic carbocycles. The number of hydrogen-bond acceptors (Lipinski definition) is 2. The number of rotatable bonds is 4. The number of benzene rings is 1. The number of aryl methyl sites for hydroxylation is 1. The maximum absolute atomic E-state index is 7.08. The SMILES string of the molecule is COc1ccc(CCC(=N)N)cc1.Cl. The van der Waals surface area contributed by atoms with Crippen molar-refractivity contribution >= 4 is 18.2 Å². The molecule has 0 saturated heterocycles. The van der Waals surface area contributed by atoms with Gasteiger partial charge in [-0.15, -0.1) is 12.4 Å². The van der Waals surface area contributed by atoms with Crippen LogP contribution in [-0.2, 0) is 6.42 Å². The van der Waals surface area contributed by atoms with Crippen LogP contribution in [0.1, 0.15) is 12.0 Å². The van der Waals surface area contributed by atoms with E-state index in [1.807, 2.05) is 24.3 Å². The Balaban J connectivity index is 0.00000169. The van der Waals surface area contributed by atoms with E-state index >= 15 is 0 Å². The number of halogens is 1. The average Bonchev–Trinajstić information content (AvgIpc) is 2.15. The maximum atomic E-state index is 7.08. The van der Waals surface area contributed by atoms with Gasteiger partial charge in [0.1, 0.15) is 5.75 Å². The lowest BCUT2D eigenvalue weighted by atomic mass is 10.1. The number of hydrogen-bond donors (Lipinski definition) is 2. The molecule has 14 heavy (non-hydrogen) atoms. The smallest absolute Gasteiger partial charge is 0.118 e. The minimum Gasteiger partial charge on any atom is -0.497 e. The van der Waals surface area contributed by atoms with Crippen molar-refractivity contribution in [1.29, 1.82) is 5.41 Å². The zero-order valence-corrected chi connectivity index (χ0v) is 8.93. The molecule has 0 bridgehead atoms. The summed E-state index contributed by atoms with van der Waals surface area (Å²) in [5.41, 5.74) is 6.43. The highest BCUT2D eigenvalue weighted by Crippen LogP contribution is 2.12. The summed E-state index contributed by atoms with van der Waals surface area (Å²) < 4.78 is 5.03. The molecular formula is C10H15ClN2O. The Morgan fingerprint density at radius 3 is 2.36 bits per heavy atom.